The van der Waals surface area contributed by atoms with Crippen LogP contribution in [-0.2, 0) is 30.4 Å². The molecule has 3 N–H and O–H groups in total. The van der Waals surface area contributed by atoms with Crippen molar-refractivity contribution in [2.75, 3.05) is 46.0 Å². The van der Waals surface area contributed by atoms with Crippen molar-refractivity contribution in [3.63, 3.8) is 0 Å². The van der Waals surface area contributed by atoms with Gasteiger partial charge in [0.05, 0.1) is 43.3 Å². The maximum atomic E-state index is 14.4. The number of amides is 3. The molecule has 10 nitrogen and oxygen atoms in total. The number of likely N-dealkylation sites (tertiary alicyclic amines) is 1. The summed E-state index contributed by atoms with van der Waals surface area (Å²) in [5.41, 5.74) is -1.05. The third-order valence-corrected chi connectivity index (χ3v) is 9.77. The summed E-state index contributed by atoms with van der Waals surface area (Å²) in [5, 5.41) is 16.6. The highest BCUT2D eigenvalue weighted by Crippen LogP contribution is 2.65. The van der Waals surface area contributed by atoms with Crippen LogP contribution in [0, 0.1) is 23.7 Å². The number of carbonyl (C=O) groups is 3. The summed E-state index contributed by atoms with van der Waals surface area (Å²) in [6.07, 6.45) is 1.04. The van der Waals surface area contributed by atoms with Crippen LogP contribution >= 0.6 is 0 Å². The van der Waals surface area contributed by atoms with E-state index >= 15 is 0 Å². The average Bonchev–Trinajstić information content (AvgIpc) is 3.48. The SMILES string of the molecule is CC(C)C[C@H](CO)N1C(=O)[C@@H]2[C@H](C(=O)NCc3ccccc3)[C@@]3(C)OC2(CC3C)C1C(=O)NCCN1CCOCC1. The van der Waals surface area contributed by atoms with Gasteiger partial charge in [0, 0.05) is 32.7 Å². The van der Waals surface area contributed by atoms with E-state index in [1.807, 2.05) is 58.0 Å². The van der Waals surface area contributed by atoms with Gasteiger partial charge in [-0.3, -0.25) is 19.3 Å². The zero-order valence-electron chi connectivity index (χ0n) is 24.8. The number of nitrogens with one attached hydrogen (secondary N) is 2. The van der Waals surface area contributed by atoms with Gasteiger partial charge in [0.2, 0.25) is 17.7 Å². The molecule has 0 saturated carbocycles. The van der Waals surface area contributed by atoms with Crippen LogP contribution in [0.3, 0.4) is 0 Å². The first-order chi connectivity index (χ1) is 19.6. The standard InChI is InChI=1S/C31H46N4O6/c1-20(2)16-23(19-36)35-26(28(38)32-10-11-34-12-14-40-15-13-34)31-17-21(3)30(4,41-31)24(25(31)29(35)39)27(37)33-18-22-8-6-5-7-9-22/h5-9,20-21,23-26,36H,10-19H2,1-4H3,(H,32,38)(H,33,37)/t21?,23-,24-,25+,26?,30+,31?/m1/s1. The molecule has 4 aliphatic heterocycles. The van der Waals surface area contributed by atoms with Gasteiger partial charge in [0.25, 0.3) is 0 Å². The molecule has 1 aromatic carbocycles. The molecular formula is C31H46N4O6. The number of morpholine rings is 1. The van der Waals surface area contributed by atoms with Crippen LogP contribution in [0.4, 0.5) is 0 Å². The minimum atomic E-state index is -1.13. The average molecular weight is 571 g/mol. The van der Waals surface area contributed by atoms with Gasteiger partial charge in [-0.05, 0) is 37.2 Å². The third kappa shape index (κ3) is 5.40. The molecule has 0 radical (unpaired) electrons. The number of benzene rings is 1. The Morgan fingerprint density at radius 3 is 2.49 bits per heavy atom. The Balaban J connectivity index is 1.43. The molecule has 4 saturated heterocycles. The summed E-state index contributed by atoms with van der Waals surface area (Å²) in [4.78, 5) is 46.1. The highest BCUT2D eigenvalue weighted by molar-refractivity contribution is 5.99. The van der Waals surface area contributed by atoms with Crippen molar-refractivity contribution < 1.29 is 29.0 Å². The summed E-state index contributed by atoms with van der Waals surface area (Å²) in [7, 11) is 0. The van der Waals surface area contributed by atoms with Crippen LogP contribution in [0.1, 0.15) is 46.1 Å². The first-order valence-corrected chi connectivity index (χ1v) is 15.1. The first kappa shape index (κ1) is 29.9. The smallest absolute Gasteiger partial charge is 0.245 e. The topological polar surface area (TPSA) is 120 Å². The minimum Gasteiger partial charge on any atom is -0.394 e. The van der Waals surface area contributed by atoms with Gasteiger partial charge >= 0.3 is 0 Å². The molecule has 41 heavy (non-hydrogen) atoms. The molecule has 4 aliphatic rings. The molecule has 4 fully saturated rings. The van der Waals surface area contributed by atoms with E-state index < -0.39 is 35.1 Å². The van der Waals surface area contributed by atoms with Crippen molar-refractivity contribution in [3.05, 3.63) is 35.9 Å². The number of hydrogen-bond donors (Lipinski definition) is 3. The van der Waals surface area contributed by atoms with E-state index in [-0.39, 0.29) is 36.2 Å². The van der Waals surface area contributed by atoms with Crippen LogP contribution in [-0.4, -0.2) is 102 Å². The van der Waals surface area contributed by atoms with Gasteiger partial charge in [-0.25, -0.2) is 0 Å². The van der Waals surface area contributed by atoms with E-state index in [0.717, 1.165) is 18.7 Å². The van der Waals surface area contributed by atoms with Crippen molar-refractivity contribution in [3.8, 4) is 0 Å². The predicted octanol–water partition coefficient (Wildman–Crippen LogP) is 1.17. The molecule has 226 valence electrons. The Kier molecular flexibility index (Phi) is 8.76. The van der Waals surface area contributed by atoms with Crippen LogP contribution < -0.4 is 10.6 Å². The Labute approximate surface area is 243 Å². The Hall–Kier alpha value is -2.53. The van der Waals surface area contributed by atoms with Crippen LogP contribution in [0.5, 0.6) is 0 Å². The number of fused-ring (bicyclic) bond motifs is 1. The summed E-state index contributed by atoms with van der Waals surface area (Å²) < 4.78 is 12.2. The van der Waals surface area contributed by atoms with Crippen molar-refractivity contribution in [2.24, 2.45) is 23.7 Å². The molecule has 1 aromatic rings. The van der Waals surface area contributed by atoms with E-state index in [1.165, 1.54) is 0 Å². The number of nitrogens with zero attached hydrogens (tertiary/aromatic N) is 2. The summed E-state index contributed by atoms with van der Waals surface area (Å²) in [5.74, 6) is -2.17. The lowest BCUT2D eigenvalue weighted by atomic mass is 9.62. The van der Waals surface area contributed by atoms with Crippen LogP contribution in [0.15, 0.2) is 30.3 Å². The number of hydrogen-bond acceptors (Lipinski definition) is 7. The van der Waals surface area contributed by atoms with Gasteiger partial charge in [-0.15, -0.1) is 0 Å². The normalized spacial score (nSPS) is 33.7. The largest absolute Gasteiger partial charge is 0.394 e. The second kappa shape index (κ2) is 12.0. The van der Waals surface area contributed by atoms with E-state index in [9.17, 15) is 19.5 Å². The molecule has 5 rings (SSSR count). The van der Waals surface area contributed by atoms with Gasteiger partial charge in [-0.2, -0.15) is 0 Å². The van der Waals surface area contributed by atoms with Gasteiger partial charge in [-0.1, -0.05) is 51.1 Å². The number of ether oxygens (including phenoxy) is 2. The molecule has 7 atom stereocenters. The van der Waals surface area contributed by atoms with Crippen molar-refractivity contribution >= 4 is 17.7 Å². The third-order valence-electron chi connectivity index (χ3n) is 9.77. The van der Waals surface area contributed by atoms with Crippen LogP contribution in [0.25, 0.3) is 0 Å². The van der Waals surface area contributed by atoms with Gasteiger partial charge in [0.1, 0.15) is 11.6 Å². The molecule has 10 heteroatoms. The lowest BCUT2D eigenvalue weighted by molar-refractivity contribution is -0.151. The molecule has 0 aliphatic carbocycles. The van der Waals surface area contributed by atoms with E-state index in [2.05, 4.69) is 15.5 Å². The van der Waals surface area contributed by atoms with Gasteiger partial charge in [0.15, 0.2) is 0 Å². The molecule has 3 amide bonds. The summed E-state index contributed by atoms with van der Waals surface area (Å²) in [6, 6.07) is 8.19. The molecular weight excluding hydrogens is 524 g/mol. The Bertz CT molecular complexity index is 1110. The fourth-order valence-corrected chi connectivity index (χ4v) is 7.74. The number of aliphatic hydroxyl groups excluding tert-OH is 1. The second-order valence-electron chi connectivity index (χ2n) is 12.9. The highest BCUT2D eigenvalue weighted by atomic mass is 16.5. The summed E-state index contributed by atoms with van der Waals surface area (Å²) in [6.45, 7) is 12.2. The molecule has 3 unspecified atom stereocenters. The molecule has 4 heterocycles. The zero-order chi connectivity index (χ0) is 29.4. The lowest BCUT2D eigenvalue weighted by Gasteiger charge is -2.37. The predicted molar refractivity (Wildman–Crippen MR) is 153 cm³/mol. The molecule has 1 spiro atoms. The zero-order valence-corrected chi connectivity index (χ0v) is 24.8. The number of rotatable bonds is 11. The fourth-order valence-electron chi connectivity index (χ4n) is 7.74. The number of carbonyl (C=O) groups excluding carboxylic acids is 3. The minimum absolute atomic E-state index is 0.0414. The van der Waals surface area contributed by atoms with E-state index in [0.29, 0.717) is 45.7 Å². The van der Waals surface area contributed by atoms with Crippen molar-refractivity contribution in [1.29, 1.82) is 0 Å². The highest BCUT2D eigenvalue weighted by Gasteiger charge is 2.80. The second-order valence-corrected chi connectivity index (χ2v) is 12.9. The van der Waals surface area contributed by atoms with Gasteiger partial charge < -0.3 is 30.1 Å². The Morgan fingerprint density at radius 1 is 1.12 bits per heavy atom. The quantitative estimate of drug-likeness (QED) is 0.365. The van der Waals surface area contributed by atoms with E-state index in [4.69, 9.17) is 9.47 Å². The maximum Gasteiger partial charge on any atom is 0.245 e. The van der Waals surface area contributed by atoms with Crippen molar-refractivity contribution in [2.45, 2.75) is 70.4 Å². The fraction of sp³-hybridized carbons (Fsp3) is 0.710. The summed E-state index contributed by atoms with van der Waals surface area (Å²) >= 11 is 0. The van der Waals surface area contributed by atoms with Crippen LogP contribution in [0.2, 0.25) is 0 Å². The van der Waals surface area contributed by atoms with E-state index in [1.54, 1.807) is 4.90 Å². The first-order valence-electron chi connectivity index (χ1n) is 15.1. The monoisotopic (exact) mass is 570 g/mol. The molecule has 2 bridgehead atoms. The Morgan fingerprint density at radius 2 is 1.83 bits per heavy atom. The molecule has 0 aromatic heterocycles. The number of aliphatic hydroxyl groups is 1. The van der Waals surface area contributed by atoms with Crippen molar-refractivity contribution in [1.82, 2.24) is 20.4 Å². The maximum absolute atomic E-state index is 14.4. The lowest BCUT2D eigenvalue weighted by Crippen LogP contribution is -2.59.